The Hall–Kier alpha value is -2.14. The Balaban J connectivity index is 1.70. The standard InChI is InChI=1S/C18H17BrN2O2/c19-15-10-5-4-9-14(15)16(22)20-21-17(23)18(11-6-12-18)13-7-2-1-3-8-13/h1-5,7-10H,6,11-12H2,(H,20,22)(H,21,23). The van der Waals surface area contributed by atoms with Crippen LogP contribution >= 0.6 is 15.9 Å². The van der Waals surface area contributed by atoms with Gasteiger partial charge in [-0.3, -0.25) is 20.4 Å². The van der Waals surface area contributed by atoms with Crippen molar-refractivity contribution < 1.29 is 9.59 Å². The number of hydrogen-bond donors (Lipinski definition) is 2. The normalized spacial score (nSPS) is 15.3. The quantitative estimate of drug-likeness (QED) is 0.811. The predicted molar refractivity (Wildman–Crippen MR) is 91.7 cm³/mol. The van der Waals surface area contributed by atoms with Crippen molar-refractivity contribution in [2.24, 2.45) is 0 Å². The van der Waals surface area contributed by atoms with E-state index in [2.05, 4.69) is 26.8 Å². The number of carbonyl (C=O) groups excluding carboxylic acids is 2. The van der Waals surface area contributed by atoms with Crippen LogP contribution in [0.15, 0.2) is 59.1 Å². The molecule has 4 nitrogen and oxygen atoms in total. The van der Waals surface area contributed by atoms with E-state index in [9.17, 15) is 9.59 Å². The maximum absolute atomic E-state index is 12.6. The van der Waals surface area contributed by atoms with Crippen LogP contribution in [0.4, 0.5) is 0 Å². The van der Waals surface area contributed by atoms with Crippen LogP contribution in [0.2, 0.25) is 0 Å². The highest BCUT2D eigenvalue weighted by Gasteiger charge is 2.45. The first-order valence-corrected chi connectivity index (χ1v) is 8.34. The van der Waals surface area contributed by atoms with E-state index in [1.165, 1.54) is 0 Å². The van der Waals surface area contributed by atoms with Gasteiger partial charge >= 0.3 is 0 Å². The maximum atomic E-state index is 12.6. The van der Waals surface area contributed by atoms with Gasteiger partial charge in [-0.05, 0) is 46.5 Å². The van der Waals surface area contributed by atoms with Crippen LogP contribution in [-0.4, -0.2) is 11.8 Å². The number of rotatable bonds is 3. The SMILES string of the molecule is O=C(NNC(=O)C1(c2ccccc2)CCC1)c1ccccc1Br. The number of nitrogens with one attached hydrogen (secondary N) is 2. The van der Waals surface area contributed by atoms with Crippen LogP contribution < -0.4 is 10.9 Å². The summed E-state index contributed by atoms with van der Waals surface area (Å²) >= 11 is 3.33. The van der Waals surface area contributed by atoms with Crippen LogP contribution in [0.3, 0.4) is 0 Å². The van der Waals surface area contributed by atoms with E-state index < -0.39 is 5.41 Å². The Kier molecular flexibility index (Phi) is 4.48. The van der Waals surface area contributed by atoms with Gasteiger partial charge in [0.1, 0.15) is 0 Å². The average Bonchev–Trinajstić information content (AvgIpc) is 2.53. The van der Waals surface area contributed by atoms with E-state index in [0.717, 1.165) is 24.8 Å². The lowest BCUT2D eigenvalue weighted by molar-refractivity contribution is -0.130. The summed E-state index contributed by atoms with van der Waals surface area (Å²) in [6.45, 7) is 0. The molecule has 0 radical (unpaired) electrons. The highest BCUT2D eigenvalue weighted by atomic mass is 79.9. The molecule has 0 aliphatic heterocycles. The molecular weight excluding hydrogens is 356 g/mol. The van der Waals surface area contributed by atoms with Crippen molar-refractivity contribution in [3.63, 3.8) is 0 Å². The second-order valence-electron chi connectivity index (χ2n) is 5.69. The van der Waals surface area contributed by atoms with E-state index in [1.54, 1.807) is 18.2 Å². The molecule has 2 aromatic carbocycles. The van der Waals surface area contributed by atoms with Crippen molar-refractivity contribution in [3.05, 3.63) is 70.2 Å². The lowest BCUT2D eigenvalue weighted by Crippen LogP contribution is -2.54. The molecule has 0 bridgehead atoms. The fraction of sp³-hybridized carbons (Fsp3) is 0.222. The van der Waals surface area contributed by atoms with E-state index in [-0.39, 0.29) is 11.8 Å². The van der Waals surface area contributed by atoms with Crippen molar-refractivity contribution in [3.8, 4) is 0 Å². The van der Waals surface area contributed by atoms with Gasteiger partial charge in [0.05, 0.1) is 11.0 Å². The molecule has 1 fully saturated rings. The minimum atomic E-state index is -0.525. The molecule has 0 unspecified atom stereocenters. The molecule has 0 heterocycles. The van der Waals surface area contributed by atoms with E-state index in [0.29, 0.717) is 10.0 Å². The molecule has 1 aliphatic carbocycles. The molecule has 2 N–H and O–H groups in total. The van der Waals surface area contributed by atoms with Crippen molar-refractivity contribution in [2.45, 2.75) is 24.7 Å². The van der Waals surface area contributed by atoms with Crippen LogP contribution in [0, 0.1) is 0 Å². The van der Waals surface area contributed by atoms with E-state index in [4.69, 9.17) is 0 Å². The van der Waals surface area contributed by atoms with Crippen molar-refractivity contribution in [1.82, 2.24) is 10.9 Å². The first-order valence-electron chi connectivity index (χ1n) is 7.54. The molecule has 0 spiro atoms. The van der Waals surface area contributed by atoms with Gasteiger partial charge in [0.25, 0.3) is 5.91 Å². The highest BCUT2D eigenvalue weighted by Crippen LogP contribution is 2.43. The van der Waals surface area contributed by atoms with Crippen molar-refractivity contribution in [1.29, 1.82) is 0 Å². The van der Waals surface area contributed by atoms with Crippen LogP contribution in [-0.2, 0) is 10.2 Å². The molecule has 2 amide bonds. The van der Waals surface area contributed by atoms with E-state index in [1.807, 2.05) is 36.4 Å². The van der Waals surface area contributed by atoms with Gasteiger partial charge in [0, 0.05) is 4.47 Å². The Morgan fingerprint density at radius 2 is 1.57 bits per heavy atom. The fourth-order valence-electron chi connectivity index (χ4n) is 2.88. The Bertz CT molecular complexity index is 727. The van der Waals surface area contributed by atoms with Gasteiger partial charge in [0.15, 0.2) is 0 Å². The lowest BCUT2D eigenvalue weighted by atomic mass is 9.64. The number of carbonyl (C=O) groups is 2. The Labute approximate surface area is 143 Å². The fourth-order valence-corrected chi connectivity index (χ4v) is 3.35. The molecule has 0 aromatic heterocycles. The molecule has 1 saturated carbocycles. The van der Waals surface area contributed by atoms with Gasteiger partial charge in [0.2, 0.25) is 5.91 Å². The van der Waals surface area contributed by atoms with Gasteiger partial charge in [-0.2, -0.15) is 0 Å². The zero-order valence-corrected chi connectivity index (χ0v) is 14.1. The summed E-state index contributed by atoms with van der Waals surface area (Å²) in [4.78, 5) is 24.8. The predicted octanol–water partition coefficient (Wildman–Crippen LogP) is 3.33. The smallest absolute Gasteiger partial charge is 0.270 e. The monoisotopic (exact) mass is 372 g/mol. The third-order valence-electron chi connectivity index (χ3n) is 4.38. The number of halogens is 1. The second kappa shape index (κ2) is 6.54. The molecular formula is C18H17BrN2O2. The van der Waals surface area contributed by atoms with Gasteiger partial charge < -0.3 is 0 Å². The third kappa shape index (κ3) is 3.01. The number of benzene rings is 2. The molecule has 118 valence electrons. The zero-order chi connectivity index (χ0) is 16.3. The lowest BCUT2D eigenvalue weighted by Gasteiger charge is -2.40. The van der Waals surface area contributed by atoms with Crippen LogP contribution in [0.1, 0.15) is 35.2 Å². The molecule has 3 rings (SSSR count). The number of hydrogen-bond acceptors (Lipinski definition) is 2. The third-order valence-corrected chi connectivity index (χ3v) is 5.07. The van der Waals surface area contributed by atoms with Crippen molar-refractivity contribution >= 4 is 27.7 Å². The summed E-state index contributed by atoms with van der Waals surface area (Å²) < 4.78 is 0.688. The number of amides is 2. The van der Waals surface area contributed by atoms with Crippen molar-refractivity contribution in [2.75, 3.05) is 0 Å². The molecule has 5 heteroatoms. The van der Waals surface area contributed by atoms with Gasteiger partial charge in [-0.15, -0.1) is 0 Å². The largest absolute Gasteiger partial charge is 0.272 e. The summed E-state index contributed by atoms with van der Waals surface area (Å²) in [5.41, 5.74) is 6.06. The highest BCUT2D eigenvalue weighted by molar-refractivity contribution is 9.10. The second-order valence-corrected chi connectivity index (χ2v) is 6.54. The van der Waals surface area contributed by atoms with Crippen LogP contribution in [0.5, 0.6) is 0 Å². The molecule has 2 aromatic rings. The Morgan fingerprint density at radius 1 is 0.913 bits per heavy atom. The topological polar surface area (TPSA) is 58.2 Å². The summed E-state index contributed by atoms with van der Waals surface area (Å²) in [5, 5.41) is 0. The minimum absolute atomic E-state index is 0.157. The molecule has 1 aliphatic rings. The summed E-state index contributed by atoms with van der Waals surface area (Å²) in [6.07, 6.45) is 2.61. The maximum Gasteiger partial charge on any atom is 0.270 e. The number of hydrazine groups is 1. The molecule has 0 atom stereocenters. The molecule has 23 heavy (non-hydrogen) atoms. The Morgan fingerprint density at radius 3 is 2.17 bits per heavy atom. The first-order chi connectivity index (χ1) is 11.1. The summed E-state index contributed by atoms with van der Waals surface area (Å²) in [5.74, 6) is -0.497. The summed E-state index contributed by atoms with van der Waals surface area (Å²) in [7, 11) is 0. The molecule has 0 saturated heterocycles. The first kappa shape index (κ1) is 15.7. The summed E-state index contributed by atoms with van der Waals surface area (Å²) in [6, 6.07) is 16.8. The van der Waals surface area contributed by atoms with E-state index >= 15 is 0 Å². The van der Waals surface area contributed by atoms with Gasteiger partial charge in [-0.25, -0.2) is 0 Å². The van der Waals surface area contributed by atoms with Crippen LogP contribution in [0.25, 0.3) is 0 Å². The average molecular weight is 373 g/mol. The zero-order valence-electron chi connectivity index (χ0n) is 12.5. The minimum Gasteiger partial charge on any atom is -0.272 e. The van der Waals surface area contributed by atoms with Gasteiger partial charge in [-0.1, -0.05) is 48.9 Å².